The Bertz CT molecular complexity index is 1460. The Morgan fingerprint density at radius 2 is 0.891 bits per heavy atom. The minimum absolute atomic E-state index is 0.0138. The van der Waals surface area contributed by atoms with Gasteiger partial charge in [-0.2, -0.15) is 0 Å². The quantitative estimate of drug-likeness (QED) is 0.0584. The van der Waals surface area contributed by atoms with Crippen molar-refractivity contribution in [1.82, 2.24) is 10.2 Å². The van der Waals surface area contributed by atoms with Gasteiger partial charge in [-0.05, 0) is 18.6 Å². The Labute approximate surface area is 373 Å². The van der Waals surface area contributed by atoms with Gasteiger partial charge in [0.25, 0.3) is 11.8 Å². The zero-order valence-electron chi connectivity index (χ0n) is 36.8. The second-order valence-corrected chi connectivity index (χ2v) is 13.7. The van der Waals surface area contributed by atoms with Crippen molar-refractivity contribution in [2.45, 2.75) is 25.3 Å². The van der Waals surface area contributed by atoms with E-state index in [-0.39, 0.29) is 37.0 Å². The molecule has 64 heavy (non-hydrogen) atoms. The summed E-state index contributed by atoms with van der Waals surface area (Å²) in [6.45, 7) is 11.4. The Balaban J connectivity index is 0.954. The predicted molar refractivity (Wildman–Crippen MR) is 225 cm³/mol. The summed E-state index contributed by atoms with van der Waals surface area (Å²) in [6, 6.07) is 3.88. The maximum Gasteiger partial charge on any atom is 0.305 e. The largest absolute Gasteiger partial charge is 0.481 e. The second-order valence-electron chi connectivity index (χ2n) is 13.7. The topological polar surface area (TPSA) is 253 Å². The van der Waals surface area contributed by atoms with Crippen LogP contribution in [0.1, 0.15) is 40.0 Å². The molecule has 0 aromatic heterocycles. The van der Waals surface area contributed by atoms with Crippen LogP contribution in [0.15, 0.2) is 18.2 Å². The standard InChI is InChI=1S/C42H67N3O19/c46-37-5-4-36(40(49)44-37)45-41(50)34-2-1-3-35(39(34)42(45)51)43-7-9-53-11-13-55-15-17-57-19-21-59-23-25-61-27-29-63-31-33-64-32-30-62-28-26-60-24-22-58-20-18-56-16-14-54-12-10-52-8-6-38(47)48/h1-3,36,43H,4-33H2,(H,47,48)(H,44,46,49). The van der Waals surface area contributed by atoms with Crippen LogP contribution in [0.3, 0.4) is 0 Å². The summed E-state index contributed by atoms with van der Waals surface area (Å²) >= 11 is 0. The molecule has 1 unspecified atom stereocenters. The number of ether oxygens (including phenoxy) is 13. The maximum atomic E-state index is 13.2. The van der Waals surface area contributed by atoms with Crippen LogP contribution in [-0.2, 0) is 76.0 Å². The average Bonchev–Trinajstić information content (AvgIpc) is 3.54. The van der Waals surface area contributed by atoms with Gasteiger partial charge in [0, 0.05) is 18.7 Å². The molecule has 4 amide bonds. The van der Waals surface area contributed by atoms with Crippen molar-refractivity contribution in [3.8, 4) is 0 Å². The number of carbonyl (C=O) groups excluding carboxylic acids is 4. The van der Waals surface area contributed by atoms with Gasteiger partial charge in [0.2, 0.25) is 11.8 Å². The van der Waals surface area contributed by atoms with E-state index in [2.05, 4.69) is 10.6 Å². The lowest BCUT2D eigenvalue weighted by atomic mass is 10.0. The number of amides is 4. The Hall–Kier alpha value is -3.75. The van der Waals surface area contributed by atoms with Gasteiger partial charge in [0.05, 0.1) is 189 Å². The highest BCUT2D eigenvalue weighted by molar-refractivity contribution is 6.25. The van der Waals surface area contributed by atoms with Crippen LogP contribution >= 0.6 is 0 Å². The molecule has 0 aliphatic carbocycles. The zero-order valence-corrected chi connectivity index (χ0v) is 36.8. The number of fused-ring (bicyclic) bond motifs is 1. The number of nitrogens with one attached hydrogen (secondary N) is 2. The van der Waals surface area contributed by atoms with Crippen LogP contribution < -0.4 is 10.6 Å². The molecule has 1 aromatic carbocycles. The number of benzene rings is 1. The summed E-state index contributed by atoms with van der Waals surface area (Å²) in [5, 5.41) is 13.8. The highest BCUT2D eigenvalue weighted by Crippen LogP contribution is 2.32. The molecule has 3 rings (SSSR count). The lowest BCUT2D eigenvalue weighted by molar-refractivity contribution is -0.138. The lowest BCUT2D eigenvalue weighted by Crippen LogP contribution is -2.54. The monoisotopic (exact) mass is 917 g/mol. The SMILES string of the molecule is O=C(O)CCOCCOCCOCCOCCOCCOCCOCCOCCOCCOCCOCCOCCOCCNc1cccc2c1C(=O)N(C1CCC(=O)NC1=O)C2=O. The number of hydrogen-bond donors (Lipinski definition) is 3. The maximum absolute atomic E-state index is 13.2. The van der Waals surface area contributed by atoms with Crippen LogP contribution in [0, 0.1) is 0 Å². The van der Waals surface area contributed by atoms with Crippen LogP contribution in [0.25, 0.3) is 0 Å². The first-order chi connectivity index (χ1) is 31.4. The number of nitrogens with zero attached hydrogens (tertiary/aromatic N) is 1. The van der Waals surface area contributed by atoms with Crippen LogP contribution in [0.5, 0.6) is 0 Å². The van der Waals surface area contributed by atoms with Gasteiger partial charge in [-0.25, -0.2) is 0 Å². The first kappa shape index (κ1) is 54.6. The fourth-order valence-electron chi connectivity index (χ4n) is 5.82. The molecular weight excluding hydrogens is 850 g/mol. The fourth-order valence-corrected chi connectivity index (χ4v) is 5.82. The minimum Gasteiger partial charge on any atom is -0.481 e. The molecule has 22 nitrogen and oxygen atoms in total. The number of rotatable bonds is 44. The number of aliphatic carboxylic acids is 1. The molecule has 1 atom stereocenters. The summed E-state index contributed by atoms with van der Waals surface area (Å²) < 4.78 is 70.8. The zero-order chi connectivity index (χ0) is 45.7. The summed E-state index contributed by atoms with van der Waals surface area (Å²) in [4.78, 5) is 61.3. The molecule has 364 valence electrons. The third kappa shape index (κ3) is 24.5. The lowest BCUT2D eigenvalue weighted by Gasteiger charge is -2.27. The molecule has 0 spiro atoms. The van der Waals surface area contributed by atoms with Gasteiger partial charge >= 0.3 is 5.97 Å². The van der Waals surface area contributed by atoms with Crippen LogP contribution in [0.4, 0.5) is 5.69 Å². The van der Waals surface area contributed by atoms with Crippen molar-refractivity contribution in [2.75, 3.05) is 184 Å². The van der Waals surface area contributed by atoms with Gasteiger partial charge in [-0.1, -0.05) is 6.07 Å². The third-order valence-electron chi connectivity index (χ3n) is 8.95. The van der Waals surface area contributed by atoms with Crippen molar-refractivity contribution in [3.05, 3.63) is 29.3 Å². The van der Waals surface area contributed by atoms with E-state index in [0.29, 0.717) is 177 Å². The highest BCUT2D eigenvalue weighted by atomic mass is 16.6. The van der Waals surface area contributed by atoms with Crippen molar-refractivity contribution in [2.24, 2.45) is 0 Å². The van der Waals surface area contributed by atoms with Gasteiger partial charge in [-0.15, -0.1) is 0 Å². The number of anilines is 1. The molecule has 1 fully saturated rings. The molecule has 1 saturated heterocycles. The van der Waals surface area contributed by atoms with Crippen LogP contribution in [0.2, 0.25) is 0 Å². The fraction of sp³-hybridized carbons (Fsp3) is 0.738. The minimum atomic E-state index is -1.02. The molecular formula is C42H67N3O19. The first-order valence-electron chi connectivity index (χ1n) is 21.7. The van der Waals surface area contributed by atoms with Crippen molar-refractivity contribution in [3.63, 3.8) is 0 Å². The predicted octanol–water partition coefficient (Wildman–Crippen LogP) is 0.190. The number of piperidine rings is 1. The molecule has 0 saturated carbocycles. The van der Waals surface area contributed by atoms with Crippen molar-refractivity contribution in [1.29, 1.82) is 0 Å². The molecule has 0 bridgehead atoms. The number of imide groups is 2. The van der Waals surface area contributed by atoms with E-state index < -0.39 is 35.6 Å². The summed E-state index contributed by atoms with van der Waals surface area (Å²) in [5.74, 6) is -3.07. The normalized spacial score (nSPS) is 15.0. The number of hydrogen-bond acceptors (Lipinski definition) is 19. The second kappa shape index (κ2) is 36.5. The van der Waals surface area contributed by atoms with E-state index >= 15 is 0 Å². The van der Waals surface area contributed by atoms with E-state index in [1.807, 2.05) is 0 Å². The Morgan fingerprint density at radius 1 is 0.531 bits per heavy atom. The van der Waals surface area contributed by atoms with E-state index in [1.165, 1.54) is 0 Å². The summed E-state index contributed by atoms with van der Waals surface area (Å²) in [6.07, 6.45) is 0.144. The van der Waals surface area contributed by atoms with E-state index in [4.69, 9.17) is 66.7 Å². The summed E-state index contributed by atoms with van der Waals surface area (Å²) in [5.41, 5.74) is 0.889. The van der Waals surface area contributed by atoms with E-state index in [0.717, 1.165) is 4.90 Å². The molecule has 2 aliphatic heterocycles. The van der Waals surface area contributed by atoms with Gasteiger partial charge in [0.15, 0.2) is 0 Å². The van der Waals surface area contributed by atoms with Gasteiger partial charge in [0.1, 0.15) is 6.04 Å². The Morgan fingerprint density at radius 3 is 1.25 bits per heavy atom. The molecule has 22 heteroatoms. The molecule has 2 heterocycles. The van der Waals surface area contributed by atoms with Crippen molar-refractivity contribution >= 4 is 35.3 Å². The Kier molecular flexibility index (Phi) is 31.1. The van der Waals surface area contributed by atoms with E-state index in [9.17, 15) is 24.0 Å². The smallest absolute Gasteiger partial charge is 0.305 e. The molecule has 0 radical (unpaired) electrons. The molecule has 2 aliphatic rings. The number of carboxylic acid groups (broad SMARTS) is 1. The van der Waals surface area contributed by atoms with Crippen molar-refractivity contribution < 1.29 is 90.7 Å². The van der Waals surface area contributed by atoms with E-state index in [1.54, 1.807) is 18.2 Å². The third-order valence-corrected chi connectivity index (χ3v) is 8.95. The summed E-state index contributed by atoms with van der Waals surface area (Å²) in [7, 11) is 0. The number of carbonyl (C=O) groups is 5. The molecule has 1 aromatic rings. The van der Waals surface area contributed by atoms with Gasteiger partial charge in [-0.3, -0.25) is 34.2 Å². The highest BCUT2D eigenvalue weighted by Gasteiger charge is 2.45. The molecule has 3 N–H and O–H groups in total. The average molecular weight is 918 g/mol. The number of carboxylic acids is 1. The van der Waals surface area contributed by atoms with Gasteiger partial charge < -0.3 is 72.0 Å². The first-order valence-corrected chi connectivity index (χ1v) is 21.7. The van der Waals surface area contributed by atoms with Crippen LogP contribution in [-0.4, -0.2) is 224 Å².